The van der Waals surface area contributed by atoms with Crippen LogP contribution in [-0.2, 0) is 4.79 Å². The second-order valence-electron chi connectivity index (χ2n) is 8.60. The molecule has 0 aromatic heterocycles. The zero-order valence-electron chi connectivity index (χ0n) is 19.1. The lowest BCUT2D eigenvalue weighted by Crippen LogP contribution is -2.38. The highest BCUT2D eigenvalue weighted by Gasteiger charge is 2.26. The summed E-state index contributed by atoms with van der Waals surface area (Å²) in [6, 6.07) is 10.1. The third kappa shape index (κ3) is 5.25. The minimum absolute atomic E-state index is 0.143. The number of carbonyl (C=O) groups excluding carboxylic acids is 2. The number of nitrogens with zero attached hydrogens (tertiary/aromatic N) is 3. The molecule has 1 heterocycles. The molecule has 3 rings (SSSR count). The minimum Gasteiger partial charge on any atom is -0.371 e. The Bertz CT molecular complexity index is 1010. The van der Waals surface area contributed by atoms with Crippen molar-refractivity contribution in [2.24, 2.45) is 5.92 Å². The van der Waals surface area contributed by atoms with Gasteiger partial charge in [0.2, 0.25) is 5.91 Å². The van der Waals surface area contributed by atoms with Crippen LogP contribution in [0.2, 0.25) is 0 Å². The summed E-state index contributed by atoms with van der Waals surface area (Å²) in [7, 11) is 1.54. The molecule has 1 aliphatic heterocycles. The zero-order valence-corrected chi connectivity index (χ0v) is 19.1. The molecule has 0 unspecified atom stereocenters. The molecule has 1 N–H and O–H groups in total. The van der Waals surface area contributed by atoms with Crippen LogP contribution in [0, 0.1) is 29.9 Å². The van der Waals surface area contributed by atoms with Gasteiger partial charge >= 0.3 is 0 Å². The summed E-state index contributed by atoms with van der Waals surface area (Å²) in [5.41, 5.74) is 3.39. The van der Waals surface area contributed by atoms with Crippen molar-refractivity contribution in [1.29, 1.82) is 0 Å². The van der Waals surface area contributed by atoms with E-state index < -0.39 is 10.8 Å². The van der Waals surface area contributed by atoms with E-state index in [1.54, 1.807) is 6.07 Å². The highest BCUT2D eigenvalue weighted by molar-refractivity contribution is 6.03. The van der Waals surface area contributed by atoms with E-state index in [1.165, 1.54) is 24.1 Å². The predicted octanol–water partition coefficient (Wildman–Crippen LogP) is 4.16. The smallest absolute Gasteiger partial charge is 0.270 e. The average Bonchev–Trinajstić information content (AvgIpc) is 2.76. The van der Waals surface area contributed by atoms with Crippen molar-refractivity contribution in [2.45, 2.75) is 33.6 Å². The molecule has 2 aromatic rings. The van der Waals surface area contributed by atoms with Gasteiger partial charge in [-0.05, 0) is 49.8 Å². The second kappa shape index (κ2) is 9.80. The number of nitro groups is 1. The van der Waals surface area contributed by atoms with Crippen LogP contribution < -0.4 is 10.2 Å². The van der Waals surface area contributed by atoms with Crippen LogP contribution >= 0.6 is 0 Å². The molecular formula is C24H30N4O4. The lowest BCUT2D eigenvalue weighted by Gasteiger charge is -2.33. The number of carbonyl (C=O) groups is 2. The van der Waals surface area contributed by atoms with Gasteiger partial charge in [0.25, 0.3) is 11.6 Å². The van der Waals surface area contributed by atoms with Crippen molar-refractivity contribution in [1.82, 2.24) is 4.90 Å². The van der Waals surface area contributed by atoms with Gasteiger partial charge in [-0.25, -0.2) is 0 Å². The molecule has 2 amide bonds. The monoisotopic (exact) mass is 438 g/mol. The number of piperidine rings is 1. The number of rotatable bonds is 6. The second-order valence-corrected chi connectivity index (χ2v) is 8.60. The maximum absolute atomic E-state index is 13.3. The Morgan fingerprint density at radius 1 is 1.16 bits per heavy atom. The van der Waals surface area contributed by atoms with E-state index in [2.05, 4.69) is 17.1 Å². The van der Waals surface area contributed by atoms with Crippen LogP contribution in [-0.4, -0.2) is 48.3 Å². The number of nitrogens with one attached hydrogen (secondary N) is 1. The highest BCUT2D eigenvalue weighted by Crippen LogP contribution is 2.30. The lowest BCUT2D eigenvalue weighted by molar-refractivity contribution is -0.384. The van der Waals surface area contributed by atoms with Crippen LogP contribution in [0.5, 0.6) is 0 Å². The van der Waals surface area contributed by atoms with Crippen molar-refractivity contribution < 1.29 is 14.5 Å². The Morgan fingerprint density at radius 2 is 1.78 bits per heavy atom. The normalized spacial score (nSPS) is 14.2. The summed E-state index contributed by atoms with van der Waals surface area (Å²) in [4.78, 5) is 40.1. The van der Waals surface area contributed by atoms with Gasteiger partial charge in [0, 0.05) is 38.0 Å². The van der Waals surface area contributed by atoms with Gasteiger partial charge in [-0.1, -0.05) is 25.1 Å². The van der Waals surface area contributed by atoms with Crippen molar-refractivity contribution in [3.63, 3.8) is 0 Å². The van der Waals surface area contributed by atoms with E-state index in [1.807, 2.05) is 32.0 Å². The Balaban J connectivity index is 1.80. The molecule has 8 heteroatoms. The number of para-hydroxylation sites is 1. The summed E-state index contributed by atoms with van der Waals surface area (Å²) in [6.07, 6.45) is 2.00. The summed E-state index contributed by atoms with van der Waals surface area (Å²) >= 11 is 0. The fourth-order valence-electron chi connectivity index (χ4n) is 4.02. The molecule has 0 atom stereocenters. The van der Waals surface area contributed by atoms with Crippen molar-refractivity contribution in [3.05, 3.63) is 63.2 Å². The maximum atomic E-state index is 13.3. The quantitative estimate of drug-likeness (QED) is 0.540. The van der Waals surface area contributed by atoms with Crippen LogP contribution in [0.1, 0.15) is 41.3 Å². The van der Waals surface area contributed by atoms with Crippen LogP contribution in [0.15, 0.2) is 36.4 Å². The Hall–Kier alpha value is -3.42. The van der Waals surface area contributed by atoms with E-state index >= 15 is 0 Å². The van der Waals surface area contributed by atoms with Crippen LogP contribution in [0.3, 0.4) is 0 Å². The molecule has 1 aliphatic rings. The SMILES string of the molecule is Cc1cccc(C)c1NC(=O)CN(C)C(=O)c1cc([N+](=O)[O-])ccc1N1CCC(C)CC1. The van der Waals surface area contributed by atoms with Gasteiger partial charge in [-0.3, -0.25) is 19.7 Å². The predicted molar refractivity (Wildman–Crippen MR) is 125 cm³/mol. The summed E-state index contributed by atoms with van der Waals surface area (Å²) in [6.45, 7) is 7.43. The van der Waals surface area contributed by atoms with Crippen molar-refractivity contribution in [3.8, 4) is 0 Å². The summed E-state index contributed by atoms with van der Waals surface area (Å²) < 4.78 is 0. The number of non-ortho nitro benzene ring substituents is 1. The number of benzene rings is 2. The third-order valence-corrected chi connectivity index (χ3v) is 6.02. The molecule has 0 spiro atoms. The number of aryl methyl sites for hydroxylation is 2. The van der Waals surface area contributed by atoms with Gasteiger partial charge in [0.15, 0.2) is 0 Å². The number of nitro benzene ring substituents is 1. The maximum Gasteiger partial charge on any atom is 0.270 e. The number of likely N-dealkylation sites (N-methyl/N-ethyl adjacent to an activating group) is 1. The lowest BCUT2D eigenvalue weighted by atomic mass is 9.97. The highest BCUT2D eigenvalue weighted by atomic mass is 16.6. The van der Waals surface area contributed by atoms with E-state index in [-0.39, 0.29) is 23.7 Å². The molecule has 32 heavy (non-hydrogen) atoms. The molecule has 0 radical (unpaired) electrons. The Morgan fingerprint density at radius 3 is 2.38 bits per heavy atom. The minimum atomic E-state index is -0.507. The van der Waals surface area contributed by atoms with Gasteiger partial charge in [-0.15, -0.1) is 0 Å². The topological polar surface area (TPSA) is 95.8 Å². The first kappa shape index (κ1) is 23.2. The molecule has 1 saturated heterocycles. The number of hydrogen-bond acceptors (Lipinski definition) is 5. The summed E-state index contributed by atoms with van der Waals surface area (Å²) in [5.74, 6) is -0.129. The van der Waals surface area contributed by atoms with Gasteiger partial charge in [0.1, 0.15) is 0 Å². The zero-order chi connectivity index (χ0) is 23.4. The first-order valence-corrected chi connectivity index (χ1v) is 10.8. The standard InChI is InChI=1S/C24H30N4O4/c1-16-10-12-27(13-11-16)21-9-8-19(28(31)32)14-20(21)24(30)26(4)15-22(29)25-23-17(2)6-5-7-18(23)3/h5-9,14,16H,10-13,15H2,1-4H3,(H,25,29). The summed E-state index contributed by atoms with van der Waals surface area (Å²) in [5, 5.41) is 14.2. The van der Waals surface area contributed by atoms with E-state index in [4.69, 9.17) is 0 Å². The number of anilines is 2. The fourth-order valence-corrected chi connectivity index (χ4v) is 4.02. The number of amides is 2. The third-order valence-electron chi connectivity index (χ3n) is 6.02. The molecule has 170 valence electrons. The van der Waals surface area contributed by atoms with Crippen molar-refractivity contribution in [2.75, 3.05) is 36.9 Å². The Labute approximate surface area is 188 Å². The first-order chi connectivity index (χ1) is 15.2. The fraction of sp³-hybridized carbons (Fsp3) is 0.417. The average molecular weight is 439 g/mol. The molecule has 1 fully saturated rings. The van der Waals surface area contributed by atoms with Crippen LogP contribution in [0.4, 0.5) is 17.1 Å². The van der Waals surface area contributed by atoms with Gasteiger partial charge < -0.3 is 15.1 Å². The van der Waals surface area contributed by atoms with Crippen LogP contribution in [0.25, 0.3) is 0 Å². The molecule has 0 saturated carbocycles. The van der Waals surface area contributed by atoms with Gasteiger partial charge in [0.05, 0.1) is 22.7 Å². The van der Waals surface area contributed by atoms with E-state index in [0.717, 1.165) is 42.7 Å². The van der Waals surface area contributed by atoms with Crippen molar-refractivity contribution >= 4 is 28.9 Å². The number of hydrogen-bond donors (Lipinski definition) is 1. The van der Waals surface area contributed by atoms with Gasteiger partial charge in [-0.2, -0.15) is 0 Å². The molecule has 8 nitrogen and oxygen atoms in total. The molecule has 0 aliphatic carbocycles. The first-order valence-electron chi connectivity index (χ1n) is 10.8. The molecule has 0 bridgehead atoms. The van der Waals surface area contributed by atoms with E-state index in [9.17, 15) is 19.7 Å². The Kier molecular flexibility index (Phi) is 7.12. The largest absolute Gasteiger partial charge is 0.371 e. The molecular weight excluding hydrogens is 408 g/mol. The van der Waals surface area contributed by atoms with E-state index in [0.29, 0.717) is 11.6 Å². The molecule has 2 aromatic carbocycles.